The maximum absolute atomic E-state index is 5.44. The summed E-state index contributed by atoms with van der Waals surface area (Å²) in [5.41, 5.74) is 3.84. The van der Waals surface area contributed by atoms with Gasteiger partial charge in [0.1, 0.15) is 17.3 Å². The van der Waals surface area contributed by atoms with Gasteiger partial charge in [-0.15, -0.1) is 0 Å². The maximum atomic E-state index is 5.44. The minimum atomic E-state index is 0.151. The molecule has 0 radical (unpaired) electrons. The van der Waals surface area contributed by atoms with Gasteiger partial charge >= 0.3 is 0 Å². The zero-order valence-corrected chi connectivity index (χ0v) is 18.4. The minimum Gasteiger partial charge on any atom is -0.497 e. The zero-order valence-electron chi connectivity index (χ0n) is 18.4. The third kappa shape index (κ3) is 4.30. The second kappa shape index (κ2) is 8.63. The summed E-state index contributed by atoms with van der Waals surface area (Å²) in [6.45, 7) is 6.63. The van der Waals surface area contributed by atoms with Crippen molar-refractivity contribution in [1.29, 1.82) is 0 Å². The molecule has 0 spiro atoms. The number of aryl methyl sites for hydroxylation is 1. The number of hydrogen-bond acceptors (Lipinski definition) is 7. The Morgan fingerprint density at radius 1 is 1.00 bits per heavy atom. The minimum absolute atomic E-state index is 0.151. The molecule has 7 nitrogen and oxygen atoms in total. The van der Waals surface area contributed by atoms with Crippen LogP contribution in [-0.4, -0.2) is 29.3 Å². The highest BCUT2D eigenvalue weighted by atomic mass is 16.5. The van der Waals surface area contributed by atoms with Gasteiger partial charge in [-0.1, -0.05) is 37.2 Å². The van der Waals surface area contributed by atoms with Crippen LogP contribution in [0.4, 0.5) is 5.82 Å². The number of hydrogen-bond donors (Lipinski definition) is 1. The lowest BCUT2D eigenvalue weighted by molar-refractivity contribution is 0.365. The molecule has 0 aliphatic carbocycles. The van der Waals surface area contributed by atoms with Crippen molar-refractivity contribution in [2.45, 2.75) is 33.2 Å². The lowest BCUT2D eigenvalue weighted by Crippen LogP contribution is -2.05. The summed E-state index contributed by atoms with van der Waals surface area (Å²) in [4.78, 5) is 9.49. The standard InChI is InChI=1S/C24H26N4O3/c1-14(2)24-27-23(28-31-24)20-11-17-8-6-7-15(3)21(17)26-22(20)25-13-16-9-18(29-4)12-19(10-16)30-5/h6-12,14H,13H2,1-5H3,(H,25,26). The van der Waals surface area contributed by atoms with Crippen LogP contribution in [0.1, 0.15) is 36.8 Å². The Hall–Kier alpha value is -3.61. The largest absolute Gasteiger partial charge is 0.497 e. The fourth-order valence-corrected chi connectivity index (χ4v) is 3.39. The molecule has 31 heavy (non-hydrogen) atoms. The summed E-state index contributed by atoms with van der Waals surface area (Å²) in [6.07, 6.45) is 0. The Morgan fingerprint density at radius 3 is 2.39 bits per heavy atom. The topological polar surface area (TPSA) is 82.3 Å². The molecule has 160 valence electrons. The number of aromatic nitrogens is 3. The van der Waals surface area contributed by atoms with E-state index in [1.54, 1.807) is 14.2 Å². The number of rotatable bonds is 7. The Bertz CT molecular complexity index is 1190. The van der Waals surface area contributed by atoms with Gasteiger partial charge in [-0.25, -0.2) is 4.98 Å². The van der Waals surface area contributed by atoms with Gasteiger partial charge in [-0.05, 0) is 36.2 Å². The number of benzene rings is 2. The van der Waals surface area contributed by atoms with Crippen molar-refractivity contribution in [3.8, 4) is 22.9 Å². The molecule has 0 atom stereocenters. The van der Waals surface area contributed by atoms with E-state index in [4.69, 9.17) is 19.0 Å². The van der Waals surface area contributed by atoms with Crippen molar-refractivity contribution in [3.05, 3.63) is 59.5 Å². The van der Waals surface area contributed by atoms with E-state index in [1.165, 1.54) is 0 Å². The van der Waals surface area contributed by atoms with Crippen molar-refractivity contribution in [2.75, 3.05) is 19.5 Å². The quantitative estimate of drug-likeness (QED) is 0.433. The molecule has 2 heterocycles. The Morgan fingerprint density at radius 2 is 1.74 bits per heavy atom. The van der Waals surface area contributed by atoms with Crippen molar-refractivity contribution < 1.29 is 14.0 Å². The van der Waals surface area contributed by atoms with E-state index in [2.05, 4.69) is 34.5 Å². The van der Waals surface area contributed by atoms with Gasteiger partial charge in [0.2, 0.25) is 11.7 Å². The first kappa shape index (κ1) is 20.7. The molecular formula is C24H26N4O3. The van der Waals surface area contributed by atoms with Crippen LogP contribution in [0.3, 0.4) is 0 Å². The summed E-state index contributed by atoms with van der Waals surface area (Å²) in [7, 11) is 3.28. The third-order valence-electron chi connectivity index (χ3n) is 5.10. The molecule has 0 bridgehead atoms. The van der Waals surface area contributed by atoms with E-state index in [9.17, 15) is 0 Å². The number of nitrogens with one attached hydrogen (secondary N) is 1. The average molecular weight is 418 g/mol. The van der Waals surface area contributed by atoms with Gasteiger partial charge in [0.05, 0.1) is 25.3 Å². The molecule has 0 aliphatic heterocycles. The average Bonchev–Trinajstić information content (AvgIpc) is 3.28. The summed E-state index contributed by atoms with van der Waals surface area (Å²) in [5.74, 6) is 3.43. The Labute approximate surface area is 181 Å². The number of anilines is 1. The smallest absolute Gasteiger partial charge is 0.229 e. The summed E-state index contributed by atoms with van der Waals surface area (Å²) in [5, 5.41) is 8.67. The zero-order chi connectivity index (χ0) is 22.0. The van der Waals surface area contributed by atoms with Crippen LogP contribution in [0.15, 0.2) is 47.0 Å². The molecule has 0 saturated heterocycles. The highest BCUT2D eigenvalue weighted by molar-refractivity contribution is 5.89. The molecule has 0 unspecified atom stereocenters. The number of nitrogens with zero attached hydrogens (tertiary/aromatic N) is 3. The van der Waals surface area contributed by atoms with E-state index in [0.29, 0.717) is 24.1 Å². The third-order valence-corrected chi connectivity index (χ3v) is 5.10. The SMILES string of the molecule is COc1cc(CNc2nc3c(C)cccc3cc2-c2noc(C(C)C)n2)cc(OC)c1. The normalized spacial score (nSPS) is 11.2. The molecule has 0 fully saturated rings. The highest BCUT2D eigenvalue weighted by Crippen LogP contribution is 2.31. The fraction of sp³-hybridized carbons (Fsp3) is 0.292. The fourth-order valence-electron chi connectivity index (χ4n) is 3.39. The van der Waals surface area contributed by atoms with E-state index in [0.717, 1.165) is 39.1 Å². The summed E-state index contributed by atoms with van der Waals surface area (Å²) in [6, 6.07) is 13.9. The lowest BCUT2D eigenvalue weighted by atomic mass is 10.1. The van der Waals surface area contributed by atoms with Gasteiger partial charge in [-0.2, -0.15) is 4.98 Å². The van der Waals surface area contributed by atoms with Crippen LogP contribution < -0.4 is 14.8 Å². The maximum Gasteiger partial charge on any atom is 0.229 e. The van der Waals surface area contributed by atoms with Gasteiger partial charge in [-0.3, -0.25) is 0 Å². The van der Waals surface area contributed by atoms with Crippen LogP contribution >= 0.6 is 0 Å². The molecular weight excluding hydrogens is 392 g/mol. The van der Waals surface area contributed by atoms with Crippen LogP contribution in [0.5, 0.6) is 11.5 Å². The predicted molar refractivity (Wildman–Crippen MR) is 121 cm³/mol. The predicted octanol–water partition coefficient (Wildman–Crippen LogP) is 5.35. The number of methoxy groups -OCH3 is 2. The second-order valence-electron chi connectivity index (χ2n) is 7.72. The lowest BCUT2D eigenvalue weighted by Gasteiger charge is -2.13. The summed E-state index contributed by atoms with van der Waals surface area (Å²) < 4.78 is 16.2. The Balaban J connectivity index is 1.75. The van der Waals surface area contributed by atoms with Gasteiger partial charge < -0.3 is 19.3 Å². The molecule has 0 saturated carbocycles. The molecule has 4 aromatic rings. The van der Waals surface area contributed by atoms with E-state index in [-0.39, 0.29) is 5.92 Å². The highest BCUT2D eigenvalue weighted by Gasteiger charge is 2.17. The van der Waals surface area contributed by atoms with Crippen molar-refractivity contribution in [2.24, 2.45) is 0 Å². The van der Waals surface area contributed by atoms with Crippen LogP contribution in [0.25, 0.3) is 22.3 Å². The number of para-hydroxylation sites is 1. The molecule has 1 N–H and O–H groups in total. The van der Waals surface area contributed by atoms with E-state index < -0.39 is 0 Å². The van der Waals surface area contributed by atoms with Crippen molar-refractivity contribution >= 4 is 16.7 Å². The van der Waals surface area contributed by atoms with Gasteiger partial charge in [0.15, 0.2) is 0 Å². The molecule has 2 aromatic carbocycles. The molecule has 0 amide bonds. The van der Waals surface area contributed by atoms with Crippen LogP contribution in [0.2, 0.25) is 0 Å². The first-order chi connectivity index (χ1) is 15.0. The van der Waals surface area contributed by atoms with Crippen molar-refractivity contribution in [3.63, 3.8) is 0 Å². The number of pyridine rings is 1. The number of fused-ring (bicyclic) bond motifs is 1. The molecule has 2 aromatic heterocycles. The van der Waals surface area contributed by atoms with Gasteiger partial charge in [0.25, 0.3) is 0 Å². The van der Waals surface area contributed by atoms with Crippen LogP contribution in [-0.2, 0) is 6.54 Å². The monoisotopic (exact) mass is 418 g/mol. The Kier molecular flexibility index (Phi) is 5.75. The number of ether oxygens (including phenoxy) is 2. The first-order valence-electron chi connectivity index (χ1n) is 10.2. The van der Waals surface area contributed by atoms with Crippen LogP contribution in [0, 0.1) is 6.92 Å². The first-order valence-corrected chi connectivity index (χ1v) is 10.2. The molecule has 7 heteroatoms. The second-order valence-corrected chi connectivity index (χ2v) is 7.72. The van der Waals surface area contributed by atoms with E-state index in [1.807, 2.05) is 44.2 Å². The van der Waals surface area contributed by atoms with Crippen molar-refractivity contribution in [1.82, 2.24) is 15.1 Å². The summed E-state index contributed by atoms with van der Waals surface area (Å²) >= 11 is 0. The molecule has 0 aliphatic rings. The van der Waals surface area contributed by atoms with E-state index >= 15 is 0 Å². The molecule has 4 rings (SSSR count). The van der Waals surface area contributed by atoms with Gasteiger partial charge in [0, 0.05) is 23.9 Å².